The Labute approximate surface area is 190 Å². The number of carbonyl (C=O) groups excluding carboxylic acids is 3. The summed E-state index contributed by atoms with van der Waals surface area (Å²) in [6.45, 7) is 1.10. The molecule has 33 heavy (non-hydrogen) atoms. The van der Waals surface area contributed by atoms with Crippen LogP contribution in [-0.4, -0.2) is 57.4 Å². The molecule has 0 bridgehead atoms. The van der Waals surface area contributed by atoms with Crippen molar-refractivity contribution in [3.05, 3.63) is 71.9 Å². The van der Waals surface area contributed by atoms with Gasteiger partial charge in [0, 0.05) is 32.3 Å². The van der Waals surface area contributed by atoms with E-state index in [0.717, 1.165) is 0 Å². The molecule has 168 valence electrons. The number of carbonyl (C=O) groups is 3. The predicted octanol–water partition coefficient (Wildman–Crippen LogP) is 2.22. The second kappa shape index (κ2) is 10.3. The van der Waals surface area contributed by atoms with E-state index < -0.39 is 0 Å². The van der Waals surface area contributed by atoms with Crippen LogP contribution < -0.4 is 16.0 Å². The topological polar surface area (TPSA) is 129 Å². The van der Waals surface area contributed by atoms with Crippen LogP contribution in [0.5, 0.6) is 0 Å². The quantitative estimate of drug-likeness (QED) is 0.320. The van der Waals surface area contributed by atoms with Gasteiger partial charge in [-0.3, -0.25) is 19.3 Å². The minimum Gasteiger partial charge on any atom is -0.367 e. The Hall–Kier alpha value is -4.34. The van der Waals surface area contributed by atoms with Crippen LogP contribution in [0, 0.1) is 0 Å². The lowest BCUT2D eigenvalue weighted by atomic mass is 10.1. The number of fused-ring (bicyclic) bond motifs is 1. The SMILES string of the molecule is O=C(CCCN1C(=O)c2ccccc2C1=O)NCCNc1ccc(Nc2ccccn2)nn1. The zero-order chi connectivity index (χ0) is 23.0. The molecule has 3 N–H and O–H groups in total. The molecule has 0 radical (unpaired) electrons. The number of nitrogens with one attached hydrogen (secondary N) is 3. The molecule has 3 amide bonds. The third-order valence-electron chi connectivity index (χ3n) is 5.00. The molecular weight excluding hydrogens is 422 g/mol. The highest BCUT2D eigenvalue weighted by atomic mass is 16.2. The third kappa shape index (κ3) is 5.48. The maximum Gasteiger partial charge on any atom is 0.261 e. The lowest BCUT2D eigenvalue weighted by Gasteiger charge is -2.13. The lowest BCUT2D eigenvalue weighted by molar-refractivity contribution is -0.121. The number of rotatable bonds is 10. The first kappa shape index (κ1) is 21.9. The molecule has 1 aromatic carbocycles. The van der Waals surface area contributed by atoms with Gasteiger partial charge in [-0.1, -0.05) is 18.2 Å². The highest BCUT2D eigenvalue weighted by molar-refractivity contribution is 6.21. The number of amides is 3. The van der Waals surface area contributed by atoms with Gasteiger partial charge in [-0.15, -0.1) is 10.2 Å². The number of anilines is 3. The van der Waals surface area contributed by atoms with Crippen LogP contribution in [0.1, 0.15) is 33.6 Å². The number of benzene rings is 1. The molecule has 0 atom stereocenters. The van der Waals surface area contributed by atoms with Crippen LogP contribution >= 0.6 is 0 Å². The molecule has 0 unspecified atom stereocenters. The van der Waals surface area contributed by atoms with E-state index in [-0.39, 0.29) is 30.7 Å². The average molecular weight is 445 g/mol. The highest BCUT2D eigenvalue weighted by Gasteiger charge is 2.34. The fourth-order valence-electron chi connectivity index (χ4n) is 3.38. The monoisotopic (exact) mass is 445 g/mol. The van der Waals surface area contributed by atoms with E-state index in [1.807, 2.05) is 18.2 Å². The van der Waals surface area contributed by atoms with Crippen molar-refractivity contribution in [3.8, 4) is 0 Å². The number of aromatic nitrogens is 3. The standard InChI is InChI=1S/C23H23N7O3/c31-21(9-5-15-30-22(32)16-6-1-2-7-17(16)23(30)33)26-14-13-25-19-10-11-20(29-28-19)27-18-8-3-4-12-24-18/h1-4,6-8,10-12H,5,9,13-15H2,(H,25,28)(H,26,31)(H,24,27,29). The lowest BCUT2D eigenvalue weighted by Crippen LogP contribution is -2.33. The number of nitrogens with zero attached hydrogens (tertiary/aromatic N) is 4. The molecule has 3 aromatic rings. The second-order valence-corrected chi connectivity index (χ2v) is 7.33. The Morgan fingerprint density at radius 3 is 2.18 bits per heavy atom. The van der Waals surface area contributed by atoms with E-state index in [2.05, 4.69) is 31.1 Å². The molecule has 2 aromatic heterocycles. The first-order valence-electron chi connectivity index (χ1n) is 10.6. The predicted molar refractivity (Wildman–Crippen MR) is 122 cm³/mol. The van der Waals surface area contributed by atoms with Crippen molar-refractivity contribution in [1.82, 2.24) is 25.4 Å². The molecule has 0 saturated heterocycles. The third-order valence-corrected chi connectivity index (χ3v) is 5.00. The summed E-state index contributed by atoms with van der Waals surface area (Å²) < 4.78 is 0. The van der Waals surface area contributed by atoms with Crippen molar-refractivity contribution in [2.24, 2.45) is 0 Å². The van der Waals surface area contributed by atoms with Crippen molar-refractivity contribution in [1.29, 1.82) is 0 Å². The van der Waals surface area contributed by atoms with Crippen LogP contribution in [0.4, 0.5) is 17.5 Å². The van der Waals surface area contributed by atoms with Crippen molar-refractivity contribution >= 4 is 35.2 Å². The minimum absolute atomic E-state index is 0.144. The number of hydrogen-bond acceptors (Lipinski definition) is 8. The van der Waals surface area contributed by atoms with Gasteiger partial charge in [0.15, 0.2) is 5.82 Å². The number of hydrogen-bond donors (Lipinski definition) is 3. The summed E-state index contributed by atoms with van der Waals surface area (Å²) in [5.41, 5.74) is 0.836. The van der Waals surface area contributed by atoms with E-state index in [4.69, 9.17) is 0 Å². The fourth-order valence-corrected chi connectivity index (χ4v) is 3.38. The van der Waals surface area contributed by atoms with E-state index >= 15 is 0 Å². The summed E-state index contributed by atoms with van der Waals surface area (Å²) in [7, 11) is 0. The molecule has 10 heteroatoms. The van der Waals surface area contributed by atoms with Gasteiger partial charge in [0.05, 0.1) is 11.1 Å². The average Bonchev–Trinajstić information content (AvgIpc) is 3.08. The van der Waals surface area contributed by atoms with Gasteiger partial charge < -0.3 is 16.0 Å². The second-order valence-electron chi connectivity index (χ2n) is 7.33. The van der Waals surface area contributed by atoms with Gasteiger partial charge in [-0.25, -0.2) is 4.98 Å². The van der Waals surface area contributed by atoms with Gasteiger partial charge >= 0.3 is 0 Å². The zero-order valence-electron chi connectivity index (χ0n) is 17.8. The molecule has 0 saturated carbocycles. The van der Waals surface area contributed by atoms with E-state index in [1.54, 1.807) is 42.6 Å². The largest absolute Gasteiger partial charge is 0.367 e. The summed E-state index contributed by atoms with van der Waals surface area (Å²) in [5.74, 6) is 1.09. The van der Waals surface area contributed by atoms with Crippen molar-refractivity contribution in [2.45, 2.75) is 12.8 Å². The van der Waals surface area contributed by atoms with Gasteiger partial charge in [0.2, 0.25) is 5.91 Å². The Balaban J connectivity index is 1.12. The number of pyridine rings is 1. The van der Waals surface area contributed by atoms with Crippen molar-refractivity contribution < 1.29 is 14.4 Å². The molecule has 1 aliphatic rings. The van der Waals surface area contributed by atoms with Gasteiger partial charge in [-0.05, 0) is 42.8 Å². The molecule has 1 aliphatic heterocycles. The molecule has 0 aliphatic carbocycles. The fraction of sp³-hybridized carbons (Fsp3) is 0.217. The minimum atomic E-state index is -0.303. The van der Waals surface area contributed by atoms with Crippen LogP contribution in [0.15, 0.2) is 60.8 Å². The summed E-state index contributed by atoms with van der Waals surface area (Å²) >= 11 is 0. The Bertz CT molecular complexity index is 1100. The van der Waals surface area contributed by atoms with E-state index in [0.29, 0.717) is 48.1 Å². The molecule has 0 spiro atoms. The summed E-state index contributed by atoms with van der Waals surface area (Å²) in [4.78, 5) is 42.1. The Kier molecular flexibility index (Phi) is 6.84. The normalized spacial score (nSPS) is 12.4. The Morgan fingerprint density at radius 2 is 1.52 bits per heavy atom. The van der Waals surface area contributed by atoms with Gasteiger partial charge in [0.1, 0.15) is 11.6 Å². The molecule has 10 nitrogen and oxygen atoms in total. The van der Waals surface area contributed by atoms with Crippen LogP contribution in [0.2, 0.25) is 0 Å². The smallest absolute Gasteiger partial charge is 0.261 e. The van der Waals surface area contributed by atoms with E-state index in [1.165, 1.54) is 4.90 Å². The molecule has 0 fully saturated rings. The van der Waals surface area contributed by atoms with Crippen LogP contribution in [-0.2, 0) is 4.79 Å². The van der Waals surface area contributed by atoms with Crippen molar-refractivity contribution in [3.63, 3.8) is 0 Å². The maximum absolute atomic E-state index is 12.3. The summed E-state index contributed by atoms with van der Waals surface area (Å²) in [5, 5.41) is 17.1. The molecule has 3 heterocycles. The van der Waals surface area contributed by atoms with Crippen molar-refractivity contribution in [2.75, 3.05) is 30.3 Å². The first-order valence-corrected chi connectivity index (χ1v) is 10.6. The zero-order valence-corrected chi connectivity index (χ0v) is 17.8. The van der Waals surface area contributed by atoms with Crippen LogP contribution in [0.25, 0.3) is 0 Å². The van der Waals surface area contributed by atoms with Gasteiger partial charge in [0.25, 0.3) is 11.8 Å². The molecular formula is C23H23N7O3. The molecule has 4 rings (SSSR count). The van der Waals surface area contributed by atoms with E-state index in [9.17, 15) is 14.4 Å². The Morgan fingerprint density at radius 1 is 0.818 bits per heavy atom. The highest BCUT2D eigenvalue weighted by Crippen LogP contribution is 2.22. The first-order chi connectivity index (χ1) is 16.1. The van der Waals surface area contributed by atoms with Gasteiger partial charge in [-0.2, -0.15) is 0 Å². The summed E-state index contributed by atoms with van der Waals surface area (Å²) in [6.07, 6.45) is 2.31. The number of imide groups is 1. The maximum atomic E-state index is 12.3. The summed E-state index contributed by atoms with van der Waals surface area (Å²) in [6, 6.07) is 15.8. The van der Waals surface area contributed by atoms with Crippen LogP contribution in [0.3, 0.4) is 0 Å².